The van der Waals surface area contributed by atoms with Gasteiger partial charge in [0, 0.05) is 164 Å². The van der Waals surface area contributed by atoms with Crippen molar-refractivity contribution >= 4 is 76.1 Å². The van der Waals surface area contributed by atoms with Gasteiger partial charge in [-0.2, -0.15) is 60.1 Å². The number of allylic oxidation sites excluding steroid dienone is 2. The minimum Gasteiger partial charge on any atom is -0.489 e. The summed E-state index contributed by atoms with van der Waals surface area (Å²) >= 11 is 0. The maximum Gasteiger partial charge on any atom is 0.321 e. The molecule has 0 spiro atoms. The molecule has 4 aliphatic heterocycles. The summed E-state index contributed by atoms with van der Waals surface area (Å²) in [6.07, 6.45) is 24.7. The molecule has 0 radical (unpaired) electrons. The van der Waals surface area contributed by atoms with Gasteiger partial charge in [0.05, 0.1) is 80.7 Å². The summed E-state index contributed by atoms with van der Waals surface area (Å²) in [5.41, 5.74) is 30.5. The van der Waals surface area contributed by atoms with Gasteiger partial charge in [0.2, 0.25) is 35.3 Å². The highest BCUT2D eigenvalue weighted by molar-refractivity contribution is 5.96. The van der Waals surface area contributed by atoms with Gasteiger partial charge >= 0.3 is 24.0 Å². The molecule has 4 saturated carbocycles. The second-order valence-corrected chi connectivity index (χ2v) is 38.3. The number of amides is 5. The first kappa shape index (κ1) is 106. The monoisotopic (exact) mass is 2030 g/mol. The number of hydrogen-bond acceptors (Lipinski definition) is 38. The normalized spacial score (nSPS) is 19.6. The Kier molecular flexibility index (Phi) is 35.0. The predicted molar refractivity (Wildman–Crippen MR) is 530 cm³/mol. The van der Waals surface area contributed by atoms with Crippen LogP contribution in [0.1, 0.15) is 206 Å². The predicted octanol–water partition coefficient (Wildman–Crippen LogP) is 8.00. The number of aromatic nitrogens is 18. The fourth-order valence-electron chi connectivity index (χ4n) is 17.3. The van der Waals surface area contributed by atoms with Crippen LogP contribution in [0.3, 0.4) is 0 Å². The van der Waals surface area contributed by atoms with Crippen molar-refractivity contribution in [2.75, 3.05) is 149 Å². The van der Waals surface area contributed by atoms with Crippen LogP contribution in [-0.4, -0.2) is 273 Å². The summed E-state index contributed by atoms with van der Waals surface area (Å²) in [7, 11) is 3.45. The average molecular weight is 2030 g/mol. The molecule has 13 heterocycles. The molecule has 18 rings (SSSR count). The highest BCUT2D eigenvalue weighted by Crippen LogP contribution is 2.49. The number of halogens is 4. The molecule has 8 atom stereocenters. The van der Waals surface area contributed by atoms with Crippen LogP contribution >= 0.6 is 0 Å². The van der Waals surface area contributed by atoms with E-state index in [1.807, 2.05) is 52.2 Å². The summed E-state index contributed by atoms with van der Waals surface area (Å²) in [5.74, 6) is -2.16. The number of primary amides is 1. The van der Waals surface area contributed by atoms with Crippen molar-refractivity contribution in [3.8, 4) is 65.2 Å². The van der Waals surface area contributed by atoms with Gasteiger partial charge in [-0.3, -0.25) is 33.6 Å². The fourth-order valence-corrected chi connectivity index (χ4v) is 17.3. The van der Waals surface area contributed by atoms with Crippen molar-refractivity contribution in [3.05, 3.63) is 125 Å². The third-order valence-corrected chi connectivity index (χ3v) is 27.2. The molecule has 5 amide bonds. The van der Waals surface area contributed by atoms with E-state index in [0.717, 1.165) is 146 Å². The topological polar surface area (TPSA) is 583 Å². The minimum atomic E-state index is -3.20. The fraction of sp³-hybridized carbons (Fsp3) is 0.545. The lowest BCUT2D eigenvalue weighted by atomic mass is 9.87. The SMILES string of the molecule is C#C[C@@H]1C[C@@H]1COc1nc(C(=O)N[C@H](C)CO)nc(N2CCC(C3=CCc4ncccc43)CC2)n1.CCNC(=O)c1cc(N2CCC(COc3cc(-c4nnn(C)c4C)cnc3N)CC2)nc(O[C@H](C)COC)n1.C[C@H](NC(=O)c1nc(OCC2CC2(F)F)nc(N2CCC(c3ccc(N)c(C(N)=O)n3)CC2)n1)C(C)(F)F.N#C[C@@H]1C[C@@H]1COc1nc(C(=O)NC2CCC2)nc(N2CCC(COc3cccnc3N)CC2)n1. The van der Waals surface area contributed by atoms with E-state index in [1.165, 1.54) is 11.1 Å². The number of methoxy groups -OCH3 is 1. The molecule has 782 valence electrons. The summed E-state index contributed by atoms with van der Waals surface area (Å²) in [4.78, 5) is 135. The number of anilines is 7. The number of ether oxygens (including phenoxy) is 7. The molecule has 0 bridgehead atoms. The van der Waals surface area contributed by atoms with Gasteiger partial charge in [-0.25, -0.2) is 32.5 Å². The number of hydrogen-bond donors (Lipinski definition) is 9. The Balaban J connectivity index is 0.000000147. The van der Waals surface area contributed by atoms with Gasteiger partial charge in [0.15, 0.2) is 28.8 Å². The summed E-state index contributed by atoms with van der Waals surface area (Å²) < 4.78 is 95.4. The summed E-state index contributed by atoms with van der Waals surface area (Å²) in [6.45, 7) is 16.6. The van der Waals surface area contributed by atoms with Gasteiger partial charge < -0.3 is 102 Å². The third kappa shape index (κ3) is 28.4. The van der Waals surface area contributed by atoms with Gasteiger partial charge in [-0.15, -0.1) is 17.4 Å². The molecule has 9 aliphatic rings. The lowest BCUT2D eigenvalue weighted by molar-refractivity contribution is -0.0109. The molecule has 9 aromatic heterocycles. The van der Waals surface area contributed by atoms with E-state index < -0.39 is 53.4 Å². The van der Waals surface area contributed by atoms with Crippen LogP contribution in [0.2, 0.25) is 0 Å². The van der Waals surface area contributed by atoms with Crippen molar-refractivity contribution in [2.45, 2.75) is 180 Å². The van der Waals surface area contributed by atoms with Crippen LogP contribution in [0.4, 0.5) is 58.5 Å². The Morgan fingerprint density at radius 1 is 0.639 bits per heavy atom. The zero-order valence-electron chi connectivity index (χ0n) is 83.4. The maximum absolute atomic E-state index is 13.6. The van der Waals surface area contributed by atoms with Gasteiger partial charge in [-0.1, -0.05) is 17.4 Å². The number of nitrogen functional groups attached to an aromatic ring is 3. The number of nitrogens with one attached hydrogen (secondary N) is 4. The smallest absolute Gasteiger partial charge is 0.321 e. The number of nitrogens with zero attached hydrogens (tertiary/aromatic N) is 23. The number of aliphatic hydroxyl groups is 1. The van der Waals surface area contributed by atoms with Crippen LogP contribution < -0.4 is 92.2 Å². The van der Waals surface area contributed by atoms with E-state index in [2.05, 4.69) is 145 Å². The van der Waals surface area contributed by atoms with Crippen LogP contribution in [0.15, 0.2) is 73.2 Å². The average Bonchev–Trinajstić information content (AvgIpc) is 1.59. The first-order valence-corrected chi connectivity index (χ1v) is 49.6. The highest BCUT2D eigenvalue weighted by atomic mass is 19.3. The number of carbonyl (C=O) groups excluding carboxylic acids is 5. The molecule has 0 aromatic carbocycles. The van der Waals surface area contributed by atoms with Crippen LogP contribution in [0.5, 0.6) is 35.5 Å². The Hall–Kier alpha value is -15.0. The molecule has 44 nitrogen and oxygen atoms in total. The highest BCUT2D eigenvalue weighted by Gasteiger charge is 2.57. The van der Waals surface area contributed by atoms with E-state index >= 15 is 0 Å². The molecule has 13 N–H and O–H groups in total. The molecule has 1 unspecified atom stereocenters. The zero-order chi connectivity index (χ0) is 104. The standard InChI is InChI=1S/C26H37N9O4.C26H30N6O3.C24H30N8O3.C23H28F4N8O3/c1-6-28-25(36)20-12-22(31-26(30-20)39-16(2)14-37-5)35-9-7-18(8-10-35)15-38-21-11-19(13-29-24(21)27)23-17(3)34(4)33-32-23;1-3-17-13-19(17)15-35-26-30-23(24(34)28-16(2)14-33)29-25(31-26)32-11-8-18(9-12-32)20-6-7-22-21(20)5-4-10-27-22;25-12-16-11-17(16)14-35-24-30-21(22(33)28-18-3-1-4-18)29-23(31-24)32-9-6-15(7-10-32)13-34-19-5-2-8-27-20(19)26;1-11(22(2,24)25)30-19(37)18-32-20(34-21(33-18)38-10-13-9-23(13,26)27)35-7-5-12(6-8-35)15-4-3-14(28)16(31-15)17(29)36/h11-13,16,18H,6-10,14-15H2,1-5H3,(H2,27,29)(H,28,36);1,4-6,10,16-19,33H,7-9,11-15H2,2H3,(H,28,34);2,5,8,15-18H,1,3-4,6-7,9-11,13-14H2,(H2,26,27)(H,28,33);3-4,11-13H,5-10,28H2,1-2H3,(H2,29,36)(H,30,37)/t16-;16-,17-,19-;16-,17+;11-,13?/m1100/s1. The Morgan fingerprint density at radius 3 is 1.73 bits per heavy atom. The number of carbonyl (C=O) groups is 5. The molecule has 9 aromatic rings. The molecule has 4 saturated heterocycles. The third-order valence-electron chi connectivity index (χ3n) is 27.2. The lowest BCUT2D eigenvalue weighted by Gasteiger charge is -2.33. The van der Waals surface area contributed by atoms with Crippen molar-refractivity contribution < 1.29 is 79.8 Å². The Morgan fingerprint density at radius 2 is 1.20 bits per heavy atom. The maximum atomic E-state index is 13.6. The number of nitrogens with two attached hydrogens (primary N) is 4. The van der Waals surface area contributed by atoms with Gasteiger partial charge in [-0.05, 0) is 183 Å². The van der Waals surface area contributed by atoms with E-state index in [1.54, 1.807) is 60.3 Å². The molecule has 5 aliphatic carbocycles. The first-order valence-electron chi connectivity index (χ1n) is 49.6. The van der Waals surface area contributed by atoms with Gasteiger partial charge in [0.1, 0.15) is 29.9 Å². The number of alkyl halides is 4. The zero-order valence-corrected chi connectivity index (χ0v) is 83.4. The van der Waals surface area contributed by atoms with Crippen LogP contribution in [-0.2, 0) is 18.2 Å². The van der Waals surface area contributed by atoms with E-state index in [9.17, 15) is 46.6 Å². The quantitative estimate of drug-likeness (QED) is 0.0131. The van der Waals surface area contributed by atoms with Crippen molar-refractivity contribution in [3.63, 3.8) is 0 Å². The molecular formula is C99H125F4N31O13. The molecule has 147 heavy (non-hydrogen) atoms. The number of fused-ring (bicyclic) bond motifs is 1. The Labute approximate surface area is 847 Å². The number of terminal acetylenes is 1. The number of pyridine rings is 4. The largest absolute Gasteiger partial charge is 0.489 e. The van der Waals surface area contributed by atoms with Crippen molar-refractivity contribution in [1.29, 1.82) is 5.26 Å². The summed E-state index contributed by atoms with van der Waals surface area (Å²) in [6, 6.07) is 15.2. The number of aliphatic hydroxyl groups excluding tert-OH is 1. The summed E-state index contributed by atoms with van der Waals surface area (Å²) in [5, 5.41) is 37.2. The molecular weight excluding hydrogens is 1910 g/mol. The van der Waals surface area contributed by atoms with E-state index in [-0.39, 0.29) is 126 Å². The van der Waals surface area contributed by atoms with Gasteiger partial charge in [0.25, 0.3) is 41.4 Å². The lowest BCUT2D eigenvalue weighted by Crippen LogP contribution is -2.44. The molecule has 48 heteroatoms. The number of aryl methyl sites for hydroxylation is 1. The van der Waals surface area contributed by atoms with E-state index in [4.69, 9.17) is 67.8 Å². The second kappa shape index (κ2) is 48.4. The first-order chi connectivity index (χ1) is 70.7. The second-order valence-electron chi connectivity index (χ2n) is 38.3. The van der Waals surface area contributed by atoms with Crippen LogP contribution in [0, 0.1) is 77.9 Å². The molecule has 8 fully saturated rings. The van der Waals surface area contributed by atoms with Crippen molar-refractivity contribution in [2.24, 2.45) is 60.1 Å². The number of rotatable bonds is 37. The Bertz CT molecular complexity index is 6240. The number of piperidine rings is 4. The number of nitriles is 1. The van der Waals surface area contributed by atoms with Crippen molar-refractivity contribution in [1.82, 2.24) is 111 Å². The van der Waals surface area contributed by atoms with E-state index in [0.29, 0.717) is 143 Å². The minimum absolute atomic E-state index is 0.00651. The van der Waals surface area contributed by atoms with Crippen LogP contribution in [0.25, 0.3) is 16.8 Å².